The molecule has 1 aliphatic rings. The van der Waals surface area contributed by atoms with Crippen LogP contribution in [-0.2, 0) is 13.6 Å². The molecule has 0 spiro atoms. The molecule has 3 rings (SSSR count). The summed E-state index contributed by atoms with van der Waals surface area (Å²) in [5.74, 6) is 0.775. The van der Waals surface area contributed by atoms with Crippen molar-refractivity contribution in [3.05, 3.63) is 41.6 Å². The van der Waals surface area contributed by atoms with Gasteiger partial charge in [-0.3, -0.25) is 14.4 Å². The number of nitrogens with one attached hydrogen (secondary N) is 1. The SMILES string of the molecule is COc1nn(C)cc1C(=O)NCC1CCN(Cc2ccccc2SC)CC1. The van der Waals surface area contributed by atoms with E-state index in [0.717, 1.165) is 32.5 Å². The Morgan fingerprint density at radius 3 is 2.78 bits per heavy atom. The van der Waals surface area contributed by atoms with Crippen LogP contribution in [0.5, 0.6) is 5.88 Å². The Hall–Kier alpha value is -1.99. The fourth-order valence-electron chi connectivity index (χ4n) is 3.53. The molecule has 1 saturated heterocycles. The lowest BCUT2D eigenvalue weighted by molar-refractivity contribution is 0.0932. The summed E-state index contributed by atoms with van der Waals surface area (Å²) < 4.78 is 6.76. The van der Waals surface area contributed by atoms with Crippen LogP contribution in [0, 0.1) is 5.92 Å². The summed E-state index contributed by atoms with van der Waals surface area (Å²) in [6, 6.07) is 8.62. The molecule has 0 unspecified atom stereocenters. The average molecular weight is 389 g/mol. The molecule has 2 heterocycles. The number of aryl methyl sites for hydroxylation is 1. The predicted octanol–water partition coefficient (Wildman–Crippen LogP) is 2.79. The van der Waals surface area contributed by atoms with Crippen LogP contribution in [-0.4, -0.2) is 53.6 Å². The highest BCUT2D eigenvalue weighted by Gasteiger charge is 2.22. The van der Waals surface area contributed by atoms with E-state index in [0.29, 0.717) is 23.9 Å². The second kappa shape index (κ2) is 9.28. The number of nitrogens with zero attached hydrogens (tertiary/aromatic N) is 3. The Labute approximate surface area is 165 Å². The Kier molecular flexibility index (Phi) is 6.79. The smallest absolute Gasteiger partial charge is 0.258 e. The minimum atomic E-state index is -0.115. The van der Waals surface area contributed by atoms with Crippen molar-refractivity contribution in [2.24, 2.45) is 13.0 Å². The fraction of sp³-hybridized carbons (Fsp3) is 0.500. The Balaban J connectivity index is 1.46. The molecule has 1 aliphatic heterocycles. The highest BCUT2D eigenvalue weighted by atomic mass is 32.2. The number of amides is 1. The standard InChI is InChI=1S/C20H28N4O2S/c1-23-14-17(20(22-23)26-2)19(25)21-12-15-8-10-24(11-9-15)13-16-6-4-5-7-18(16)27-3/h4-7,14-15H,8-13H2,1-3H3,(H,21,25). The second-order valence-corrected chi connectivity index (χ2v) is 7.82. The number of piperidine rings is 1. The van der Waals surface area contributed by atoms with Gasteiger partial charge in [0.05, 0.1) is 7.11 Å². The number of hydrogen-bond acceptors (Lipinski definition) is 5. The predicted molar refractivity (Wildman–Crippen MR) is 108 cm³/mol. The zero-order chi connectivity index (χ0) is 19.2. The van der Waals surface area contributed by atoms with E-state index in [9.17, 15) is 4.79 Å². The van der Waals surface area contributed by atoms with Crippen LogP contribution in [0.3, 0.4) is 0 Å². The molecular formula is C20H28N4O2S. The van der Waals surface area contributed by atoms with Crippen molar-refractivity contribution in [1.29, 1.82) is 0 Å². The zero-order valence-corrected chi connectivity index (χ0v) is 17.1. The van der Waals surface area contributed by atoms with Crippen LogP contribution in [0.1, 0.15) is 28.8 Å². The van der Waals surface area contributed by atoms with Gasteiger partial charge in [-0.25, -0.2) is 0 Å². The first-order valence-electron chi connectivity index (χ1n) is 9.30. The summed E-state index contributed by atoms with van der Waals surface area (Å²) in [6.45, 7) is 3.84. The van der Waals surface area contributed by atoms with Gasteiger partial charge in [-0.1, -0.05) is 18.2 Å². The third-order valence-electron chi connectivity index (χ3n) is 5.08. The third kappa shape index (κ3) is 5.05. The van der Waals surface area contributed by atoms with E-state index in [1.54, 1.807) is 17.9 Å². The van der Waals surface area contributed by atoms with Gasteiger partial charge in [0.25, 0.3) is 5.91 Å². The molecule has 6 nitrogen and oxygen atoms in total. The highest BCUT2D eigenvalue weighted by molar-refractivity contribution is 7.98. The van der Waals surface area contributed by atoms with Gasteiger partial charge in [0.15, 0.2) is 0 Å². The van der Waals surface area contributed by atoms with Gasteiger partial charge in [-0.15, -0.1) is 16.9 Å². The summed E-state index contributed by atoms with van der Waals surface area (Å²) in [5, 5.41) is 7.18. The van der Waals surface area contributed by atoms with Gasteiger partial charge in [0, 0.05) is 31.2 Å². The summed E-state index contributed by atoms with van der Waals surface area (Å²) in [6.07, 6.45) is 6.03. The van der Waals surface area contributed by atoms with Crippen molar-refractivity contribution in [3.8, 4) is 5.88 Å². The molecule has 7 heteroatoms. The van der Waals surface area contributed by atoms with Gasteiger partial charge in [0.1, 0.15) is 5.56 Å². The topological polar surface area (TPSA) is 59.4 Å². The molecule has 27 heavy (non-hydrogen) atoms. The van der Waals surface area contributed by atoms with E-state index in [2.05, 4.69) is 45.8 Å². The minimum absolute atomic E-state index is 0.115. The average Bonchev–Trinajstić information content (AvgIpc) is 3.08. The van der Waals surface area contributed by atoms with Gasteiger partial charge >= 0.3 is 0 Å². The molecule has 1 aromatic heterocycles. The number of hydrogen-bond donors (Lipinski definition) is 1. The summed E-state index contributed by atoms with van der Waals surface area (Å²) >= 11 is 1.81. The molecule has 1 N–H and O–H groups in total. The number of thioether (sulfide) groups is 1. The summed E-state index contributed by atoms with van der Waals surface area (Å²) in [4.78, 5) is 16.3. The quantitative estimate of drug-likeness (QED) is 0.739. The molecular weight excluding hydrogens is 360 g/mol. The number of methoxy groups -OCH3 is 1. The summed E-state index contributed by atoms with van der Waals surface area (Å²) in [7, 11) is 3.31. The molecule has 1 aromatic carbocycles. The van der Waals surface area contributed by atoms with Crippen LogP contribution in [0.4, 0.5) is 0 Å². The normalized spacial score (nSPS) is 15.7. The number of aromatic nitrogens is 2. The maximum atomic E-state index is 12.4. The largest absolute Gasteiger partial charge is 0.479 e. The van der Waals surface area contributed by atoms with E-state index in [1.165, 1.54) is 17.6 Å². The minimum Gasteiger partial charge on any atom is -0.479 e. The molecule has 0 bridgehead atoms. The van der Waals surface area contributed by atoms with Crippen molar-refractivity contribution in [2.75, 3.05) is 33.0 Å². The van der Waals surface area contributed by atoms with Gasteiger partial charge < -0.3 is 10.1 Å². The maximum Gasteiger partial charge on any atom is 0.258 e. The Morgan fingerprint density at radius 2 is 2.07 bits per heavy atom. The number of likely N-dealkylation sites (tertiary alicyclic amines) is 1. The van der Waals surface area contributed by atoms with Crippen molar-refractivity contribution in [2.45, 2.75) is 24.3 Å². The molecule has 1 amide bonds. The number of benzene rings is 1. The van der Waals surface area contributed by atoms with Crippen molar-refractivity contribution >= 4 is 17.7 Å². The first-order valence-corrected chi connectivity index (χ1v) is 10.5. The van der Waals surface area contributed by atoms with Gasteiger partial charge in [0.2, 0.25) is 5.88 Å². The first kappa shape index (κ1) is 19.8. The first-order chi connectivity index (χ1) is 13.1. The van der Waals surface area contributed by atoms with E-state index in [4.69, 9.17) is 4.74 Å². The Morgan fingerprint density at radius 1 is 1.33 bits per heavy atom. The van der Waals surface area contributed by atoms with Crippen molar-refractivity contribution in [1.82, 2.24) is 20.0 Å². The van der Waals surface area contributed by atoms with Gasteiger partial charge in [-0.2, -0.15) is 0 Å². The maximum absolute atomic E-state index is 12.4. The molecule has 146 valence electrons. The lowest BCUT2D eigenvalue weighted by Crippen LogP contribution is -2.38. The lowest BCUT2D eigenvalue weighted by atomic mass is 9.96. The highest BCUT2D eigenvalue weighted by Crippen LogP contribution is 2.24. The van der Waals surface area contributed by atoms with Crippen LogP contribution in [0.2, 0.25) is 0 Å². The van der Waals surface area contributed by atoms with Crippen molar-refractivity contribution in [3.63, 3.8) is 0 Å². The number of rotatable bonds is 7. The number of ether oxygens (including phenoxy) is 1. The molecule has 1 fully saturated rings. The van der Waals surface area contributed by atoms with E-state index >= 15 is 0 Å². The molecule has 0 radical (unpaired) electrons. The van der Waals surface area contributed by atoms with E-state index in [-0.39, 0.29) is 5.91 Å². The zero-order valence-electron chi connectivity index (χ0n) is 16.3. The van der Waals surface area contributed by atoms with Crippen molar-refractivity contribution < 1.29 is 9.53 Å². The number of carbonyl (C=O) groups is 1. The van der Waals surface area contributed by atoms with Crippen LogP contribution in [0.15, 0.2) is 35.4 Å². The van der Waals surface area contributed by atoms with Crippen LogP contribution in [0.25, 0.3) is 0 Å². The fourth-order valence-corrected chi connectivity index (χ4v) is 4.14. The molecule has 2 aromatic rings. The third-order valence-corrected chi connectivity index (χ3v) is 5.92. The molecule has 0 aliphatic carbocycles. The van der Waals surface area contributed by atoms with Crippen LogP contribution >= 0.6 is 11.8 Å². The van der Waals surface area contributed by atoms with Gasteiger partial charge in [-0.05, 0) is 49.7 Å². The molecule has 0 atom stereocenters. The monoisotopic (exact) mass is 388 g/mol. The Bertz CT molecular complexity index is 769. The lowest BCUT2D eigenvalue weighted by Gasteiger charge is -2.32. The van der Waals surface area contributed by atoms with E-state index in [1.807, 2.05) is 11.8 Å². The number of carbonyl (C=O) groups excluding carboxylic acids is 1. The summed E-state index contributed by atoms with van der Waals surface area (Å²) in [5.41, 5.74) is 1.89. The van der Waals surface area contributed by atoms with E-state index < -0.39 is 0 Å². The van der Waals surface area contributed by atoms with Crippen LogP contribution < -0.4 is 10.1 Å². The second-order valence-electron chi connectivity index (χ2n) is 6.97. The molecule has 0 saturated carbocycles.